The molecule has 1 heterocycles. The van der Waals surface area contributed by atoms with Gasteiger partial charge in [0.25, 0.3) is 0 Å². The summed E-state index contributed by atoms with van der Waals surface area (Å²) >= 11 is 0. The highest BCUT2D eigenvalue weighted by Gasteiger charge is 2.21. The molecule has 1 fully saturated rings. The molecule has 82 valence electrons. The average molecular weight is 209 g/mol. The number of hydrogen-bond donors (Lipinski definition) is 2. The van der Waals surface area contributed by atoms with Crippen molar-refractivity contribution in [2.75, 3.05) is 6.54 Å². The van der Waals surface area contributed by atoms with Crippen LogP contribution in [0.5, 0.6) is 0 Å². The summed E-state index contributed by atoms with van der Waals surface area (Å²) in [7, 11) is 0. The lowest BCUT2D eigenvalue weighted by atomic mass is 10.4. The van der Waals surface area contributed by atoms with Crippen LogP contribution >= 0.6 is 0 Å². The van der Waals surface area contributed by atoms with Crippen LogP contribution in [0.3, 0.4) is 0 Å². The van der Waals surface area contributed by atoms with Gasteiger partial charge in [-0.2, -0.15) is 0 Å². The molecular weight excluding hydrogens is 194 g/mol. The molecule has 1 aliphatic carbocycles. The number of nitrogens with zero attached hydrogens (tertiary/aromatic N) is 2. The highest BCUT2D eigenvalue weighted by molar-refractivity contribution is 5.75. The van der Waals surface area contributed by atoms with Crippen molar-refractivity contribution in [3.8, 4) is 0 Å². The largest absolute Gasteiger partial charge is 0.390 e. The van der Waals surface area contributed by atoms with E-state index >= 15 is 0 Å². The first-order valence-electron chi connectivity index (χ1n) is 5.16. The molecule has 1 aromatic rings. The van der Waals surface area contributed by atoms with Crippen molar-refractivity contribution in [3.05, 3.63) is 18.2 Å². The molecule has 1 aliphatic rings. The van der Waals surface area contributed by atoms with Crippen LogP contribution in [0, 0.1) is 5.92 Å². The lowest BCUT2D eigenvalue weighted by Crippen LogP contribution is -2.28. The fraction of sp³-hybridized carbons (Fsp3) is 0.600. The van der Waals surface area contributed by atoms with E-state index in [1.165, 1.54) is 12.8 Å². The second-order valence-electron chi connectivity index (χ2n) is 3.94. The van der Waals surface area contributed by atoms with Crippen molar-refractivity contribution in [2.45, 2.75) is 26.0 Å². The topological polar surface area (TPSA) is 67.2 Å². The monoisotopic (exact) mass is 209 g/mol. The third-order valence-electron chi connectivity index (χ3n) is 2.46. The molecule has 0 bridgehead atoms. The van der Waals surface area contributed by atoms with Crippen molar-refractivity contribution in [2.24, 2.45) is 5.92 Å². The molecule has 5 heteroatoms. The number of hydrogen-bond acceptors (Lipinski definition) is 3. The molecule has 2 rings (SSSR count). The Morgan fingerprint density at radius 1 is 1.67 bits per heavy atom. The van der Waals surface area contributed by atoms with Gasteiger partial charge in [0.05, 0.1) is 18.6 Å². The van der Waals surface area contributed by atoms with Gasteiger partial charge >= 0.3 is 0 Å². The van der Waals surface area contributed by atoms with Crippen LogP contribution < -0.4 is 5.32 Å². The van der Waals surface area contributed by atoms with Crippen LogP contribution in [-0.4, -0.2) is 27.1 Å². The Bertz CT molecular complexity index is 344. The third kappa shape index (κ3) is 3.06. The summed E-state index contributed by atoms with van der Waals surface area (Å²) in [5.74, 6) is 0.702. The molecule has 0 saturated heterocycles. The van der Waals surface area contributed by atoms with Crippen molar-refractivity contribution in [1.82, 2.24) is 14.9 Å². The predicted octanol–water partition coefficient (Wildman–Crippen LogP) is -0.0984. The number of aromatic nitrogens is 2. The Morgan fingerprint density at radius 2 is 2.47 bits per heavy atom. The normalized spacial score (nSPS) is 15.3. The quantitative estimate of drug-likeness (QED) is 0.711. The van der Waals surface area contributed by atoms with E-state index in [0.29, 0.717) is 11.6 Å². The van der Waals surface area contributed by atoms with Gasteiger partial charge in [-0.05, 0) is 18.8 Å². The van der Waals surface area contributed by atoms with Gasteiger partial charge in [0.2, 0.25) is 5.91 Å². The number of amides is 1. The molecular formula is C10H15N3O2. The zero-order valence-corrected chi connectivity index (χ0v) is 8.52. The Balaban J connectivity index is 1.76. The second-order valence-corrected chi connectivity index (χ2v) is 3.94. The van der Waals surface area contributed by atoms with E-state index in [4.69, 9.17) is 5.11 Å². The molecule has 2 N–H and O–H groups in total. The van der Waals surface area contributed by atoms with Crippen LogP contribution in [0.2, 0.25) is 0 Å². The van der Waals surface area contributed by atoms with Gasteiger partial charge in [0.1, 0.15) is 6.54 Å². The standard InChI is InChI=1S/C10H15N3O2/c14-6-9-4-13(7-12-9)5-10(15)11-3-8-1-2-8/h4,7-8,14H,1-3,5-6H2,(H,11,15). The summed E-state index contributed by atoms with van der Waals surface area (Å²) in [6.45, 7) is 0.983. The fourth-order valence-electron chi connectivity index (χ4n) is 1.38. The summed E-state index contributed by atoms with van der Waals surface area (Å²) in [5.41, 5.74) is 0.588. The first kappa shape index (κ1) is 10.2. The number of carbonyl (C=O) groups is 1. The molecule has 0 radical (unpaired) electrons. The first-order chi connectivity index (χ1) is 7.28. The Labute approximate surface area is 88.1 Å². The van der Waals surface area contributed by atoms with E-state index in [0.717, 1.165) is 6.54 Å². The molecule has 1 saturated carbocycles. The Morgan fingerprint density at radius 3 is 3.07 bits per heavy atom. The lowest BCUT2D eigenvalue weighted by molar-refractivity contribution is -0.121. The summed E-state index contributed by atoms with van der Waals surface area (Å²) in [5, 5.41) is 11.7. The van der Waals surface area contributed by atoms with Gasteiger partial charge in [-0.1, -0.05) is 0 Å². The fourth-order valence-corrected chi connectivity index (χ4v) is 1.38. The summed E-state index contributed by atoms with van der Waals surface area (Å²) in [6, 6.07) is 0. The zero-order chi connectivity index (χ0) is 10.7. The van der Waals surface area contributed by atoms with E-state index in [9.17, 15) is 4.79 Å². The maximum atomic E-state index is 11.4. The third-order valence-corrected chi connectivity index (χ3v) is 2.46. The van der Waals surface area contributed by atoms with Gasteiger partial charge in [-0.3, -0.25) is 4.79 Å². The van der Waals surface area contributed by atoms with Crippen LogP contribution in [0.4, 0.5) is 0 Å². The number of carbonyl (C=O) groups excluding carboxylic acids is 1. The molecule has 0 aliphatic heterocycles. The predicted molar refractivity (Wildman–Crippen MR) is 53.9 cm³/mol. The van der Waals surface area contributed by atoms with Crippen LogP contribution in [0.15, 0.2) is 12.5 Å². The maximum absolute atomic E-state index is 11.4. The summed E-state index contributed by atoms with van der Waals surface area (Å²) < 4.78 is 1.67. The highest BCUT2D eigenvalue weighted by atomic mass is 16.3. The van der Waals surface area contributed by atoms with Crippen LogP contribution in [0.25, 0.3) is 0 Å². The number of aliphatic hydroxyl groups excluding tert-OH is 1. The average Bonchev–Trinajstić information content (AvgIpc) is 2.96. The molecule has 15 heavy (non-hydrogen) atoms. The maximum Gasteiger partial charge on any atom is 0.239 e. The van der Waals surface area contributed by atoms with E-state index in [1.54, 1.807) is 17.1 Å². The van der Waals surface area contributed by atoms with Crippen molar-refractivity contribution in [1.29, 1.82) is 0 Å². The van der Waals surface area contributed by atoms with E-state index in [-0.39, 0.29) is 19.1 Å². The minimum atomic E-state index is -0.0866. The smallest absolute Gasteiger partial charge is 0.239 e. The number of imidazole rings is 1. The summed E-state index contributed by atoms with van der Waals surface area (Å²) in [6.07, 6.45) is 5.71. The molecule has 1 aromatic heterocycles. The van der Waals surface area contributed by atoms with Gasteiger partial charge in [0.15, 0.2) is 0 Å². The second kappa shape index (κ2) is 4.44. The molecule has 0 unspecified atom stereocenters. The molecule has 0 atom stereocenters. The van der Waals surface area contributed by atoms with Crippen LogP contribution in [0.1, 0.15) is 18.5 Å². The number of rotatable bonds is 5. The number of aliphatic hydroxyl groups is 1. The van der Waals surface area contributed by atoms with Gasteiger partial charge in [-0.15, -0.1) is 0 Å². The minimum absolute atomic E-state index is 0.00351. The first-order valence-corrected chi connectivity index (χ1v) is 5.16. The molecule has 0 aromatic carbocycles. The SMILES string of the molecule is O=C(Cn1cnc(CO)c1)NCC1CC1. The lowest BCUT2D eigenvalue weighted by Gasteiger charge is -2.03. The van der Waals surface area contributed by atoms with Crippen molar-refractivity contribution < 1.29 is 9.90 Å². The number of nitrogens with one attached hydrogen (secondary N) is 1. The summed E-state index contributed by atoms with van der Waals surface area (Å²) in [4.78, 5) is 15.3. The van der Waals surface area contributed by atoms with E-state index < -0.39 is 0 Å². The van der Waals surface area contributed by atoms with Crippen molar-refractivity contribution >= 4 is 5.91 Å². The molecule has 0 spiro atoms. The molecule has 1 amide bonds. The van der Waals surface area contributed by atoms with Gasteiger partial charge < -0.3 is 15.0 Å². The van der Waals surface area contributed by atoms with Crippen LogP contribution in [-0.2, 0) is 17.9 Å². The Hall–Kier alpha value is -1.36. The van der Waals surface area contributed by atoms with Crippen molar-refractivity contribution in [3.63, 3.8) is 0 Å². The van der Waals surface area contributed by atoms with Gasteiger partial charge in [-0.25, -0.2) is 4.98 Å². The zero-order valence-electron chi connectivity index (χ0n) is 8.52. The van der Waals surface area contributed by atoms with Gasteiger partial charge in [0, 0.05) is 12.7 Å². The van der Waals surface area contributed by atoms with E-state index in [2.05, 4.69) is 10.3 Å². The Kier molecular flexibility index (Phi) is 3.01. The van der Waals surface area contributed by atoms with E-state index in [1.807, 2.05) is 0 Å². The molecule has 5 nitrogen and oxygen atoms in total. The minimum Gasteiger partial charge on any atom is -0.390 e. The highest BCUT2D eigenvalue weighted by Crippen LogP contribution is 2.27.